The first-order chi connectivity index (χ1) is 5.27. The van der Waals surface area contributed by atoms with Gasteiger partial charge < -0.3 is 9.78 Å². The fraction of sp³-hybridized carbons (Fsp3) is 0.143. The zero-order valence-corrected chi connectivity index (χ0v) is 5.94. The molecular formula is C7H8O4. The largest absolute Gasteiger partial charge is 0.340 e. The van der Waals surface area contributed by atoms with Crippen LogP contribution in [-0.4, -0.2) is 10.5 Å². The number of rotatable bonds is 2. The molecule has 0 aliphatic heterocycles. The second-order valence-corrected chi connectivity index (χ2v) is 2.11. The van der Waals surface area contributed by atoms with Crippen LogP contribution in [0.1, 0.15) is 5.56 Å². The average Bonchev–Trinajstić information content (AvgIpc) is 2.05. The van der Waals surface area contributed by atoms with Crippen LogP contribution in [0.2, 0.25) is 0 Å². The Kier molecular flexibility index (Phi) is 2.30. The van der Waals surface area contributed by atoms with Crippen LogP contribution in [0.3, 0.4) is 0 Å². The molecule has 0 atom stereocenters. The lowest BCUT2D eigenvalue weighted by molar-refractivity contribution is -0.145. The van der Waals surface area contributed by atoms with E-state index in [1.165, 1.54) is 6.07 Å². The molecule has 0 heterocycles. The normalized spacial score (nSPS) is 9.36. The molecule has 1 aromatic carbocycles. The van der Waals surface area contributed by atoms with Crippen molar-refractivity contribution in [2.75, 3.05) is 0 Å². The molecule has 1 rings (SSSR count). The Labute approximate surface area is 63.5 Å². The summed E-state index contributed by atoms with van der Waals surface area (Å²) in [5.41, 5.74) is 0.758. The van der Waals surface area contributed by atoms with Crippen molar-refractivity contribution in [3.63, 3.8) is 0 Å². The summed E-state index contributed by atoms with van der Waals surface area (Å²) in [6, 6.07) is 4.57. The summed E-state index contributed by atoms with van der Waals surface area (Å²) in [5, 5.41) is 16.5. The van der Waals surface area contributed by atoms with Crippen LogP contribution in [-0.2, 0) is 0 Å². The van der Waals surface area contributed by atoms with Gasteiger partial charge in [0.05, 0.1) is 0 Å². The van der Waals surface area contributed by atoms with E-state index in [4.69, 9.17) is 10.5 Å². The minimum Gasteiger partial charge on any atom is -0.340 e. The molecule has 11 heavy (non-hydrogen) atoms. The molecule has 0 bridgehead atoms. The topological polar surface area (TPSA) is 58.9 Å². The molecule has 4 nitrogen and oxygen atoms in total. The fourth-order valence-corrected chi connectivity index (χ4v) is 0.736. The minimum atomic E-state index is 0.222. The van der Waals surface area contributed by atoms with Gasteiger partial charge in [-0.25, -0.2) is 10.5 Å². The average molecular weight is 156 g/mol. The lowest BCUT2D eigenvalue weighted by atomic mass is 10.2. The Morgan fingerprint density at radius 1 is 1.18 bits per heavy atom. The quantitative estimate of drug-likeness (QED) is 0.505. The van der Waals surface area contributed by atoms with E-state index in [9.17, 15) is 0 Å². The third kappa shape index (κ3) is 1.60. The van der Waals surface area contributed by atoms with E-state index in [1.807, 2.05) is 0 Å². The van der Waals surface area contributed by atoms with Crippen molar-refractivity contribution in [1.82, 2.24) is 0 Å². The third-order valence-corrected chi connectivity index (χ3v) is 1.36. The van der Waals surface area contributed by atoms with Crippen LogP contribution in [0, 0.1) is 6.92 Å². The molecule has 0 spiro atoms. The highest BCUT2D eigenvalue weighted by atomic mass is 17.1. The molecule has 0 amide bonds. The second kappa shape index (κ2) is 3.23. The van der Waals surface area contributed by atoms with Gasteiger partial charge >= 0.3 is 0 Å². The maximum Gasteiger partial charge on any atom is 0.171 e. The lowest BCUT2D eigenvalue weighted by Crippen LogP contribution is -1.89. The molecule has 0 radical (unpaired) electrons. The third-order valence-electron chi connectivity index (χ3n) is 1.36. The molecule has 1 aromatic rings. The van der Waals surface area contributed by atoms with Gasteiger partial charge in [0, 0.05) is 6.07 Å². The van der Waals surface area contributed by atoms with E-state index >= 15 is 0 Å². The zero-order chi connectivity index (χ0) is 8.27. The van der Waals surface area contributed by atoms with Crippen LogP contribution >= 0.6 is 0 Å². The Hall–Kier alpha value is -1.26. The lowest BCUT2D eigenvalue weighted by Gasteiger charge is -2.02. The number of benzene rings is 1. The van der Waals surface area contributed by atoms with Gasteiger partial charge in [0.2, 0.25) is 0 Å². The second-order valence-electron chi connectivity index (χ2n) is 2.11. The monoisotopic (exact) mass is 156 g/mol. The molecule has 0 fully saturated rings. The van der Waals surface area contributed by atoms with Crippen LogP contribution in [0.15, 0.2) is 18.2 Å². The van der Waals surface area contributed by atoms with Crippen molar-refractivity contribution < 1.29 is 20.3 Å². The molecule has 0 aromatic heterocycles. The van der Waals surface area contributed by atoms with Crippen molar-refractivity contribution in [2.24, 2.45) is 0 Å². The van der Waals surface area contributed by atoms with Gasteiger partial charge in [-0.3, -0.25) is 0 Å². The molecular weight excluding hydrogens is 148 g/mol. The highest BCUT2D eigenvalue weighted by Gasteiger charge is 2.01. The molecule has 0 saturated heterocycles. The van der Waals surface area contributed by atoms with Crippen molar-refractivity contribution in [1.29, 1.82) is 0 Å². The molecule has 0 aliphatic rings. The SMILES string of the molecule is Cc1ccc(OO)cc1OO. The minimum absolute atomic E-state index is 0.222. The number of hydrogen-bond donors (Lipinski definition) is 2. The highest BCUT2D eigenvalue weighted by molar-refractivity contribution is 5.39. The van der Waals surface area contributed by atoms with Gasteiger partial charge in [0.15, 0.2) is 11.5 Å². The van der Waals surface area contributed by atoms with Gasteiger partial charge in [-0.1, -0.05) is 6.07 Å². The molecule has 0 saturated carbocycles. The van der Waals surface area contributed by atoms with Gasteiger partial charge in [0.1, 0.15) is 0 Å². The Morgan fingerprint density at radius 3 is 2.45 bits per heavy atom. The summed E-state index contributed by atoms with van der Waals surface area (Å²) in [5.74, 6) is 0.483. The maximum atomic E-state index is 8.30. The van der Waals surface area contributed by atoms with Crippen LogP contribution < -0.4 is 9.78 Å². The standard InChI is InChI=1S/C7H8O4/c1-5-2-3-6(10-8)4-7(5)11-9/h2-4,8-9H,1H3. The van der Waals surface area contributed by atoms with Crippen molar-refractivity contribution >= 4 is 0 Å². The number of hydrogen-bond acceptors (Lipinski definition) is 4. The molecule has 2 N–H and O–H groups in total. The summed E-state index contributed by atoms with van der Waals surface area (Å²) in [6.45, 7) is 1.76. The fourth-order valence-electron chi connectivity index (χ4n) is 0.736. The molecule has 0 unspecified atom stereocenters. The Morgan fingerprint density at radius 2 is 1.91 bits per heavy atom. The van der Waals surface area contributed by atoms with Crippen LogP contribution in [0.25, 0.3) is 0 Å². The predicted octanol–water partition coefficient (Wildman–Crippen LogP) is 1.70. The van der Waals surface area contributed by atoms with Gasteiger partial charge in [-0.15, -0.1) is 0 Å². The van der Waals surface area contributed by atoms with E-state index in [0.29, 0.717) is 0 Å². The van der Waals surface area contributed by atoms with Gasteiger partial charge in [0.25, 0.3) is 0 Å². The first-order valence-corrected chi connectivity index (χ1v) is 3.01. The van der Waals surface area contributed by atoms with E-state index in [0.717, 1.165) is 5.56 Å². The Bertz CT molecular complexity index is 246. The van der Waals surface area contributed by atoms with E-state index in [2.05, 4.69) is 9.78 Å². The number of aryl methyl sites for hydroxylation is 1. The first-order valence-electron chi connectivity index (χ1n) is 3.01. The molecule has 0 aliphatic carbocycles. The summed E-state index contributed by atoms with van der Waals surface area (Å²) in [7, 11) is 0. The van der Waals surface area contributed by atoms with Crippen molar-refractivity contribution in [2.45, 2.75) is 6.92 Å². The maximum absolute atomic E-state index is 8.30. The summed E-state index contributed by atoms with van der Waals surface area (Å²) >= 11 is 0. The zero-order valence-electron chi connectivity index (χ0n) is 5.94. The van der Waals surface area contributed by atoms with E-state index in [-0.39, 0.29) is 11.5 Å². The van der Waals surface area contributed by atoms with Gasteiger partial charge in [-0.05, 0) is 18.6 Å². The van der Waals surface area contributed by atoms with E-state index < -0.39 is 0 Å². The smallest absolute Gasteiger partial charge is 0.171 e. The summed E-state index contributed by atoms with van der Waals surface area (Å²) in [6.07, 6.45) is 0. The van der Waals surface area contributed by atoms with Crippen LogP contribution in [0.5, 0.6) is 11.5 Å². The van der Waals surface area contributed by atoms with Crippen LogP contribution in [0.4, 0.5) is 0 Å². The van der Waals surface area contributed by atoms with Gasteiger partial charge in [-0.2, -0.15) is 0 Å². The Balaban J connectivity index is 3.02. The van der Waals surface area contributed by atoms with E-state index in [1.54, 1.807) is 19.1 Å². The highest BCUT2D eigenvalue weighted by Crippen LogP contribution is 2.22. The summed E-state index contributed by atoms with van der Waals surface area (Å²) in [4.78, 5) is 7.92. The van der Waals surface area contributed by atoms with Crippen molar-refractivity contribution in [3.05, 3.63) is 23.8 Å². The molecule has 4 heteroatoms. The summed E-state index contributed by atoms with van der Waals surface area (Å²) < 4.78 is 0. The van der Waals surface area contributed by atoms with Crippen molar-refractivity contribution in [3.8, 4) is 11.5 Å². The first kappa shape index (κ1) is 7.84. The molecule has 60 valence electrons. The predicted molar refractivity (Wildman–Crippen MR) is 37.7 cm³/mol.